The van der Waals surface area contributed by atoms with Gasteiger partial charge in [-0.2, -0.15) is 0 Å². The normalized spacial score (nSPS) is 16.1. The van der Waals surface area contributed by atoms with Crippen LogP contribution in [0, 0.1) is 5.82 Å². The molecule has 2 aromatic carbocycles. The number of urea groups is 1. The highest BCUT2D eigenvalue weighted by atomic mass is 19.1. The third-order valence-corrected chi connectivity index (χ3v) is 8.38. The van der Waals surface area contributed by atoms with E-state index in [2.05, 4.69) is 57.9 Å². The molecule has 6 rings (SSSR count). The zero-order valence-corrected chi connectivity index (χ0v) is 25.9. The van der Waals surface area contributed by atoms with Gasteiger partial charge in [-0.05, 0) is 65.9 Å². The molecular weight excluding hydrogens is 557 g/mol. The Hall–Kier alpha value is -4.28. The third-order valence-electron chi connectivity index (χ3n) is 8.38. The molecule has 4 aromatic rings. The molecule has 230 valence electrons. The number of halogens is 1. The van der Waals surface area contributed by atoms with Gasteiger partial charge >= 0.3 is 6.03 Å². The minimum absolute atomic E-state index is 0.158. The number of rotatable bonds is 6. The highest BCUT2D eigenvalue weighted by molar-refractivity contribution is 5.89. The van der Waals surface area contributed by atoms with Crippen LogP contribution >= 0.6 is 0 Å². The summed E-state index contributed by atoms with van der Waals surface area (Å²) >= 11 is 0. The molecule has 0 unspecified atom stereocenters. The van der Waals surface area contributed by atoms with Crippen LogP contribution in [0.3, 0.4) is 0 Å². The fraction of sp³-hybridized carbons (Fsp3) is 0.382. The minimum atomic E-state index is -0.447. The molecule has 0 atom stereocenters. The molecule has 2 aliphatic heterocycles. The van der Waals surface area contributed by atoms with E-state index in [1.54, 1.807) is 23.2 Å². The zero-order chi connectivity index (χ0) is 30.8. The summed E-state index contributed by atoms with van der Waals surface area (Å²) < 4.78 is 20.8. The number of ether oxygens (including phenoxy) is 1. The van der Waals surface area contributed by atoms with Gasteiger partial charge in [-0.1, -0.05) is 32.9 Å². The maximum Gasteiger partial charge on any atom is 0.322 e. The average molecular weight is 598 g/mol. The lowest BCUT2D eigenvalue weighted by atomic mass is 9.87. The number of imidazole rings is 1. The number of hydrogen-bond donors (Lipinski definition) is 2. The number of nitrogens with one attached hydrogen (secondary N) is 2. The van der Waals surface area contributed by atoms with Crippen molar-refractivity contribution in [2.24, 2.45) is 0 Å². The van der Waals surface area contributed by atoms with Gasteiger partial charge in [-0.15, -0.1) is 0 Å². The van der Waals surface area contributed by atoms with Crippen molar-refractivity contribution in [3.8, 4) is 23.0 Å². The first-order chi connectivity index (χ1) is 21.1. The number of anilines is 1. The van der Waals surface area contributed by atoms with Crippen LogP contribution in [0.1, 0.15) is 43.2 Å². The standard InChI is InChI=1S/C34H40FN7O2/c1-34(2,3)25-6-8-29(35)30(18-25)39-33(43)42-12-10-23-5-7-27(17-24(23)21-42)44-28-9-11-36-31(19-28)32-37-20-26(38-32)22-41-15-13-40(4)14-16-41/h5-9,11,17-20H,10,12-16,21-22H2,1-4H3,(H,37,38)(H,39,43). The molecule has 2 aliphatic rings. The van der Waals surface area contributed by atoms with Crippen LogP contribution in [0.2, 0.25) is 0 Å². The molecule has 4 heterocycles. The van der Waals surface area contributed by atoms with Gasteiger partial charge in [0.1, 0.15) is 23.0 Å². The van der Waals surface area contributed by atoms with Crippen LogP contribution in [0.4, 0.5) is 14.9 Å². The fourth-order valence-corrected chi connectivity index (χ4v) is 5.61. The number of amides is 2. The third kappa shape index (κ3) is 6.92. The summed E-state index contributed by atoms with van der Waals surface area (Å²) in [6.07, 6.45) is 4.30. The van der Waals surface area contributed by atoms with Crippen molar-refractivity contribution in [2.75, 3.05) is 45.1 Å². The highest BCUT2D eigenvalue weighted by Crippen LogP contribution is 2.30. The van der Waals surface area contributed by atoms with Gasteiger partial charge in [-0.25, -0.2) is 14.2 Å². The van der Waals surface area contributed by atoms with Crippen LogP contribution in [0.5, 0.6) is 11.5 Å². The number of fused-ring (bicyclic) bond motifs is 1. The number of benzene rings is 2. The topological polar surface area (TPSA) is 89.6 Å². The van der Waals surface area contributed by atoms with Crippen molar-refractivity contribution in [1.29, 1.82) is 0 Å². The summed E-state index contributed by atoms with van der Waals surface area (Å²) in [6, 6.07) is 14.2. The van der Waals surface area contributed by atoms with E-state index in [0.29, 0.717) is 42.5 Å². The second-order valence-electron chi connectivity index (χ2n) is 12.8. The Labute approximate surface area is 258 Å². The first kappa shape index (κ1) is 29.8. The van der Waals surface area contributed by atoms with Crippen molar-refractivity contribution < 1.29 is 13.9 Å². The van der Waals surface area contributed by atoms with Crippen LogP contribution < -0.4 is 10.1 Å². The number of piperazine rings is 1. The summed E-state index contributed by atoms with van der Waals surface area (Å²) in [6.45, 7) is 12.2. The average Bonchev–Trinajstić information content (AvgIpc) is 3.47. The summed E-state index contributed by atoms with van der Waals surface area (Å²) in [7, 11) is 2.15. The lowest BCUT2D eigenvalue weighted by molar-refractivity contribution is 0.147. The predicted molar refractivity (Wildman–Crippen MR) is 169 cm³/mol. The second kappa shape index (κ2) is 12.4. The summed E-state index contributed by atoms with van der Waals surface area (Å²) in [5.74, 6) is 1.57. The first-order valence-electron chi connectivity index (χ1n) is 15.2. The molecule has 1 fully saturated rings. The Kier molecular flexibility index (Phi) is 8.38. The first-order valence-corrected chi connectivity index (χ1v) is 15.2. The summed E-state index contributed by atoms with van der Waals surface area (Å²) in [4.78, 5) is 32.1. The van der Waals surface area contributed by atoms with Crippen LogP contribution in [-0.2, 0) is 24.9 Å². The number of pyridine rings is 1. The second-order valence-corrected chi connectivity index (χ2v) is 12.8. The van der Waals surface area contributed by atoms with E-state index in [0.717, 1.165) is 49.5 Å². The molecule has 0 saturated carbocycles. The van der Waals surface area contributed by atoms with E-state index in [-0.39, 0.29) is 17.1 Å². The lowest BCUT2D eigenvalue weighted by Crippen LogP contribution is -2.43. The van der Waals surface area contributed by atoms with Crippen LogP contribution in [0.25, 0.3) is 11.5 Å². The lowest BCUT2D eigenvalue weighted by Gasteiger charge is -2.31. The number of aromatic amines is 1. The monoisotopic (exact) mass is 597 g/mol. The van der Waals surface area contributed by atoms with Gasteiger partial charge in [-0.3, -0.25) is 9.88 Å². The molecule has 1 saturated heterocycles. The number of likely N-dealkylation sites (N-methyl/N-ethyl adjacent to an activating group) is 1. The molecule has 2 amide bonds. The Bertz CT molecular complexity index is 1640. The van der Waals surface area contributed by atoms with Crippen molar-refractivity contribution in [3.63, 3.8) is 0 Å². The van der Waals surface area contributed by atoms with Gasteiger partial charge in [0, 0.05) is 63.8 Å². The zero-order valence-electron chi connectivity index (χ0n) is 25.9. The maximum atomic E-state index is 14.6. The Morgan fingerprint density at radius 3 is 2.57 bits per heavy atom. The van der Waals surface area contributed by atoms with E-state index >= 15 is 0 Å². The number of H-pyrrole nitrogens is 1. The molecule has 2 aromatic heterocycles. The minimum Gasteiger partial charge on any atom is -0.457 e. The van der Waals surface area contributed by atoms with Crippen molar-refractivity contribution >= 4 is 11.7 Å². The number of carbonyl (C=O) groups is 1. The van der Waals surface area contributed by atoms with Crippen molar-refractivity contribution in [1.82, 2.24) is 29.7 Å². The molecule has 0 radical (unpaired) electrons. The van der Waals surface area contributed by atoms with E-state index in [1.165, 1.54) is 11.6 Å². The summed E-state index contributed by atoms with van der Waals surface area (Å²) in [5, 5.41) is 2.79. The predicted octanol–water partition coefficient (Wildman–Crippen LogP) is 6.04. The van der Waals surface area contributed by atoms with Gasteiger partial charge in [0.05, 0.1) is 11.9 Å². The van der Waals surface area contributed by atoms with Gasteiger partial charge < -0.3 is 24.8 Å². The van der Waals surface area contributed by atoms with E-state index in [1.807, 2.05) is 36.5 Å². The molecule has 10 heteroatoms. The van der Waals surface area contributed by atoms with E-state index in [9.17, 15) is 9.18 Å². The van der Waals surface area contributed by atoms with Gasteiger partial charge in [0.15, 0.2) is 5.82 Å². The summed E-state index contributed by atoms with van der Waals surface area (Å²) in [5.41, 5.74) is 4.93. The number of nitrogens with zero attached hydrogens (tertiary/aromatic N) is 5. The van der Waals surface area contributed by atoms with E-state index in [4.69, 9.17) is 4.74 Å². The number of aromatic nitrogens is 3. The van der Waals surface area contributed by atoms with Crippen molar-refractivity contribution in [2.45, 2.75) is 45.7 Å². The van der Waals surface area contributed by atoms with Crippen LogP contribution in [0.15, 0.2) is 60.9 Å². The molecule has 9 nitrogen and oxygen atoms in total. The Morgan fingerprint density at radius 1 is 0.977 bits per heavy atom. The molecule has 0 bridgehead atoms. The Balaban J connectivity index is 1.11. The molecule has 0 spiro atoms. The highest BCUT2D eigenvalue weighted by Gasteiger charge is 2.23. The molecule has 0 aliphatic carbocycles. The number of carbonyl (C=O) groups excluding carboxylic acids is 1. The fourth-order valence-electron chi connectivity index (χ4n) is 5.61. The quantitative estimate of drug-likeness (QED) is 0.282. The number of hydrogen-bond acceptors (Lipinski definition) is 6. The molecular formula is C34H40FN7O2. The van der Waals surface area contributed by atoms with E-state index < -0.39 is 5.82 Å². The van der Waals surface area contributed by atoms with Crippen LogP contribution in [-0.4, -0.2) is 75.5 Å². The molecule has 44 heavy (non-hydrogen) atoms. The van der Waals surface area contributed by atoms with Crippen molar-refractivity contribution in [3.05, 3.63) is 89.1 Å². The maximum absolute atomic E-state index is 14.6. The largest absolute Gasteiger partial charge is 0.457 e. The Morgan fingerprint density at radius 2 is 1.77 bits per heavy atom. The molecule has 2 N–H and O–H groups in total. The van der Waals surface area contributed by atoms with Gasteiger partial charge in [0.25, 0.3) is 0 Å². The smallest absolute Gasteiger partial charge is 0.322 e. The van der Waals surface area contributed by atoms with Gasteiger partial charge in [0.2, 0.25) is 0 Å². The SMILES string of the molecule is CN1CCN(Cc2cnc(-c3cc(Oc4ccc5c(c4)CN(C(=O)Nc4cc(C(C)(C)C)ccc4F)CC5)ccn3)[nH]2)CC1.